The van der Waals surface area contributed by atoms with Crippen molar-refractivity contribution in [3.05, 3.63) is 95.6 Å². The predicted octanol–water partition coefficient (Wildman–Crippen LogP) is 4.13. The highest BCUT2D eigenvalue weighted by atomic mass is 16.6. The molecular formula is C27H30O6. The summed E-state index contributed by atoms with van der Waals surface area (Å²) in [5.41, 5.74) is 0.833. The number of ether oxygens (including phenoxy) is 4. The summed E-state index contributed by atoms with van der Waals surface area (Å²) < 4.78 is 22.3. The van der Waals surface area contributed by atoms with Crippen LogP contribution in [0, 0.1) is 0 Å². The Morgan fingerprint density at radius 3 is 2.03 bits per heavy atom. The minimum atomic E-state index is -1.57. The zero-order valence-electron chi connectivity index (χ0n) is 19.2. The summed E-state index contributed by atoms with van der Waals surface area (Å²) in [7, 11) is 2.85. The lowest BCUT2D eigenvalue weighted by Crippen LogP contribution is -2.48. The SMILES string of the molecule is CCOc1ccc(CCOC(c2ccccc2)(c2ccccc2)C(O)C(=O)OC)cc1OC. The van der Waals surface area contributed by atoms with Gasteiger partial charge in [-0.3, -0.25) is 0 Å². The van der Waals surface area contributed by atoms with Gasteiger partial charge in [-0.05, 0) is 42.2 Å². The van der Waals surface area contributed by atoms with Crippen molar-refractivity contribution in [2.45, 2.75) is 25.0 Å². The normalized spacial score (nSPS) is 12.1. The zero-order chi connectivity index (χ0) is 23.7. The molecule has 1 unspecified atom stereocenters. The first-order valence-electron chi connectivity index (χ1n) is 10.9. The van der Waals surface area contributed by atoms with Gasteiger partial charge in [-0.25, -0.2) is 4.79 Å². The molecule has 3 aromatic rings. The Labute approximate surface area is 194 Å². The molecule has 0 saturated heterocycles. The Balaban J connectivity index is 1.96. The van der Waals surface area contributed by atoms with E-state index in [9.17, 15) is 9.90 Å². The molecular weight excluding hydrogens is 420 g/mol. The second kappa shape index (κ2) is 11.5. The summed E-state index contributed by atoms with van der Waals surface area (Å²) in [5, 5.41) is 11.2. The van der Waals surface area contributed by atoms with Gasteiger partial charge in [0.2, 0.25) is 0 Å². The first-order chi connectivity index (χ1) is 16.1. The number of rotatable bonds is 11. The monoisotopic (exact) mass is 450 g/mol. The van der Waals surface area contributed by atoms with Gasteiger partial charge in [-0.15, -0.1) is 0 Å². The third-order valence-corrected chi connectivity index (χ3v) is 5.46. The molecule has 0 saturated carbocycles. The molecule has 0 radical (unpaired) electrons. The lowest BCUT2D eigenvalue weighted by molar-refractivity contribution is -0.170. The average molecular weight is 451 g/mol. The van der Waals surface area contributed by atoms with Crippen molar-refractivity contribution in [1.82, 2.24) is 0 Å². The van der Waals surface area contributed by atoms with Gasteiger partial charge < -0.3 is 24.1 Å². The van der Waals surface area contributed by atoms with Crippen LogP contribution in [0.4, 0.5) is 0 Å². The molecule has 6 heteroatoms. The molecule has 33 heavy (non-hydrogen) atoms. The highest BCUT2D eigenvalue weighted by Gasteiger charge is 2.47. The number of carbonyl (C=O) groups is 1. The van der Waals surface area contributed by atoms with Crippen molar-refractivity contribution in [2.75, 3.05) is 27.4 Å². The van der Waals surface area contributed by atoms with Gasteiger partial charge in [-0.1, -0.05) is 66.7 Å². The largest absolute Gasteiger partial charge is 0.493 e. The number of hydrogen-bond acceptors (Lipinski definition) is 6. The third-order valence-electron chi connectivity index (χ3n) is 5.46. The fraction of sp³-hybridized carbons (Fsp3) is 0.296. The van der Waals surface area contributed by atoms with Gasteiger partial charge in [-0.2, -0.15) is 0 Å². The maximum absolute atomic E-state index is 12.5. The quantitative estimate of drug-likeness (QED) is 0.443. The summed E-state index contributed by atoms with van der Waals surface area (Å²) in [6.45, 7) is 2.69. The van der Waals surface area contributed by atoms with Crippen molar-refractivity contribution in [3.63, 3.8) is 0 Å². The first kappa shape index (κ1) is 24.3. The second-order valence-corrected chi connectivity index (χ2v) is 7.41. The Morgan fingerprint density at radius 1 is 0.909 bits per heavy atom. The summed E-state index contributed by atoms with van der Waals surface area (Å²) in [6, 6.07) is 24.2. The van der Waals surface area contributed by atoms with Gasteiger partial charge in [0.15, 0.2) is 23.2 Å². The lowest BCUT2D eigenvalue weighted by atomic mass is 9.81. The fourth-order valence-electron chi connectivity index (χ4n) is 3.85. The topological polar surface area (TPSA) is 74.2 Å². The van der Waals surface area contributed by atoms with Gasteiger partial charge in [0.25, 0.3) is 0 Å². The van der Waals surface area contributed by atoms with E-state index in [1.54, 1.807) is 7.11 Å². The van der Waals surface area contributed by atoms with Crippen LogP contribution < -0.4 is 9.47 Å². The molecule has 174 valence electrons. The van der Waals surface area contributed by atoms with Gasteiger partial charge in [0.1, 0.15) is 0 Å². The van der Waals surface area contributed by atoms with Crippen LogP contribution in [0.15, 0.2) is 78.9 Å². The lowest BCUT2D eigenvalue weighted by Gasteiger charge is -2.37. The number of carbonyl (C=O) groups excluding carboxylic acids is 1. The number of aliphatic hydroxyl groups is 1. The number of methoxy groups -OCH3 is 2. The van der Waals surface area contributed by atoms with E-state index in [2.05, 4.69) is 0 Å². The van der Waals surface area contributed by atoms with Crippen LogP contribution in [-0.4, -0.2) is 44.6 Å². The van der Waals surface area contributed by atoms with Crippen LogP contribution in [0.3, 0.4) is 0 Å². The average Bonchev–Trinajstić information content (AvgIpc) is 2.87. The van der Waals surface area contributed by atoms with Gasteiger partial charge in [0.05, 0.1) is 27.4 Å². The van der Waals surface area contributed by atoms with E-state index in [1.165, 1.54) is 7.11 Å². The van der Waals surface area contributed by atoms with Crippen LogP contribution >= 0.6 is 0 Å². The van der Waals surface area contributed by atoms with Crippen molar-refractivity contribution >= 4 is 5.97 Å². The van der Waals surface area contributed by atoms with E-state index >= 15 is 0 Å². The van der Waals surface area contributed by atoms with E-state index in [1.807, 2.05) is 85.8 Å². The Kier molecular flexibility index (Phi) is 8.46. The molecule has 3 aromatic carbocycles. The minimum absolute atomic E-state index is 0.231. The van der Waals surface area contributed by atoms with E-state index < -0.39 is 17.7 Å². The highest BCUT2D eigenvalue weighted by Crippen LogP contribution is 2.38. The molecule has 1 N–H and O–H groups in total. The van der Waals surface area contributed by atoms with E-state index in [0.717, 1.165) is 5.56 Å². The smallest absolute Gasteiger partial charge is 0.338 e. The number of benzene rings is 3. The number of esters is 1. The predicted molar refractivity (Wildman–Crippen MR) is 126 cm³/mol. The summed E-state index contributed by atoms with van der Waals surface area (Å²) >= 11 is 0. The maximum Gasteiger partial charge on any atom is 0.338 e. The number of aliphatic hydroxyl groups excluding tert-OH is 1. The standard InChI is InChI=1S/C27H30O6/c1-4-32-23-16-15-20(19-24(23)30-2)17-18-33-27(25(28)26(29)31-3,21-11-7-5-8-12-21)22-13-9-6-10-14-22/h5-16,19,25,28H,4,17-18H2,1-3H3. The van der Waals surface area contributed by atoms with Crippen LogP contribution in [0.2, 0.25) is 0 Å². The summed E-state index contributed by atoms with van der Waals surface area (Å²) in [6.07, 6.45) is -1.04. The van der Waals surface area contributed by atoms with Crippen LogP contribution in [0.5, 0.6) is 11.5 Å². The molecule has 1 atom stereocenters. The zero-order valence-corrected chi connectivity index (χ0v) is 19.2. The first-order valence-corrected chi connectivity index (χ1v) is 10.9. The number of hydrogen-bond donors (Lipinski definition) is 1. The van der Waals surface area contributed by atoms with Crippen LogP contribution in [0.1, 0.15) is 23.6 Å². The molecule has 0 aromatic heterocycles. The summed E-state index contributed by atoms with van der Waals surface area (Å²) in [5.74, 6) is 0.542. The Morgan fingerprint density at radius 2 is 1.52 bits per heavy atom. The molecule has 3 rings (SSSR count). The van der Waals surface area contributed by atoms with E-state index in [4.69, 9.17) is 18.9 Å². The molecule has 0 amide bonds. The van der Waals surface area contributed by atoms with Gasteiger partial charge in [0, 0.05) is 0 Å². The second-order valence-electron chi connectivity index (χ2n) is 7.41. The molecule has 0 aliphatic rings. The molecule has 6 nitrogen and oxygen atoms in total. The maximum atomic E-state index is 12.5. The molecule has 0 fully saturated rings. The van der Waals surface area contributed by atoms with Crippen LogP contribution in [0.25, 0.3) is 0 Å². The van der Waals surface area contributed by atoms with Crippen molar-refractivity contribution in [2.24, 2.45) is 0 Å². The van der Waals surface area contributed by atoms with Crippen molar-refractivity contribution in [1.29, 1.82) is 0 Å². The van der Waals surface area contributed by atoms with Crippen molar-refractivity contribution in [3.8, 4) is 11.5 Å². The van der Waals surface area contributed by atoms with E-state index in [-0.39, 0.29) is 6.61 Å². The molecule has 0 aliphatic heterocycles. The minimum Gasteiger partial charge on any atom is -0.493 e. The van der Waals surface area contributed by atoms with Crippen LogP contribution in [-0.2, 0) is 26.3 Å². The van der Waals surface area contributed by atoms with Gasteiger partial charge >= 0.3 is 5.97 Å². The summed E-state index contributed by atoms with van der Waals surface area (Å²) in [4.78, 5) is 12.5. The van der Waals surface area contributed by atoms with E-state index in [0.29, 0.717) is 35.7 Å². The highest BCUT2D eigenvalue weighted by molar-refractivity contribution is 5.77. The molecule has 0 heterocycles. The fourth-order valence-corrected chi connectivity index (χ4v) is 3.85. The Hall–Kier alpha value is -3.35. The molecule has 0 bridgehead atoms. The molecule has 0 aliphatic carbocycles. The third kappa shape index (κ3) is 5.35. The molecule has 0 spiro atoms. The Bertz CT molecular complexity index is 980. The van der Waals surface area contributed by atoms with Crippen molar-refractivity contribution < 1.29 is 28.8 Å².